The Bertz CT molecular complexity index is 303. The second-order valence-electron chi connectivity index (χ2n) is 2.26. The molecule has 1 rings (SSSR count). The zero-order valence-electron chi connectivity index (χ0n) is 6.40. The van der Waals surface area contributed by atoms with E-state index in [2.05, 4.69) is 5.10 Å². The van der Waals surface area contributed by atoms with Crippen LogP contribution in [0.4, 0.5) is 5.69 Å². The van der Waals surface area contributed by atoms with Gasteiger partial charge in [-0.05, 0) is 24.3 Å². The quantitative estimate of drug-likeness (QED) is 0.217. The minimum atomic E-state index is -0.225. The molecule has 4 heteroatoms. The maximum absolute atomic E-state index is 11.1. The van der Waals surface area contributed by atoms with Crippen LogP contribution < -0.4 is 11.6 Å². The molecule has 1 aromatic carbocycles. The summed E-state index contributed by atoms with van der Waals surface area (Å²) in [7, 11) is 0. The molecule has 0 spiro atoms. The van der Waals surface area contributed by atoms with Gasteiger partial charge in [0.05, 0.1) is 6.21 Å². The lowest BCUT2D eigenvalue weighted by Gasteiger charge is -1.94. The third kappa shape index (κ3) is 1.82. The van der Waals surface area contributed by atoms with Gasteiger partial charge in [-0.3, -0.25) is 4.79 Å². The SMILES string of the molecule is N/N=C/C(=O)c1ccc(N)cc1. The fourth-order valence-corrected chi connectivity index (χ4v) is 0.790. The number of rotatable bonds is 2. The fourth-order valence-electron chi connectivity index (χ4n) is 0.790. The second kappa shape index (κ2) is 3.52. The highest BCUT2D eigenvalue weighted by molar-refractivity contribution is 6.35. The number of Topliss-reactive ketones (excluding diaryl/α,β-unsaturated/α-hetero) is 1. The Morgan fingerprint density at radius 2 is 1.92 bits per heavy atom. The Balaban J connectivity index is 2.90. The van der Waals surface area contributed by atoms with E-state index in [1.807, 2.05) is 0 Å². The van der Waals surface area contributed by atoms with E-state index in [4.69, 9.17) is 11.6 Å². The summed E-state index contributed by atoms with van der Waals surface area (Å²) in [6.45, 7) is 0. The third-order valence-corrected chi connectivity index (χ3v) is 1.39. The van der Waals surface area contributed by atoms with Crippen molar-refractivity contribution in [1.82, 2.24) is 0 Å². The second-order valence-corrected chi connectivity index (χ2v) is 2.26. The summed E-state index contributed by atoms with van der Waals surface area (Å²) < 4.78 is 0. The molecule has 0 radical (unpaired) electrons. The van der Waals surface area contributed by atoms with Gasteiger partial charge in [0.25, 0.3) is 0 Å². The molecule has 0 aliphatic heterocycles. The minimum absolute atomic E-state index is 0.225. The van der Waals surface area contributed by atoms with Crippen LogP contribution in [0.3, 0.4) is 0 Å². The Kier molecular flexibility index (Phi) is 2.42. The van der Waals surface area contributed by atoms with Gasteiger partial charge >= 0.3 is 0 Å². The first-order valence-corrected chi connectivity index (χ1v) is 3.37. The van der Waals surface area contributed by atoms with Gasteiger partial charge < -0.3 is 11.6 Å². The number of nitrogens with two attached hydrogens (primary N) is 2. The van der Waals surface area contributed by atoms with Gasteiger partial charge in [-0.25, -0.2) is 0 Å². The molecule has 12 heavy (non-hydrogen) atoms. The zero-order chi connectivity index (χ0) is 8.97. The Hall–Kier alpha value is -1.84. The molecular weight excluding hydrogens is 154 g/mol. The molecule has 4 nitrogen and oxygen atoms in total. The van der Waals surface area contributed by atoms with Crippen LogP contribution >= 0.6 is 0 Å². The van der Waals surface area contributed by atoms with Gasteiger partial charge in [0.2, 0.25) is 5.78 Å². The van der Waals surface area contributed by atoms with Crippen LogP contribution in [0.1, 0.15) is 10.4 Å². The van der Waals surface area contributed by atoms with Gasteiger partial charge in [0.15, 0.2) is 0 Å². The summed E-state index contributed by atoms with van der Waals surface area (Å²) in [5, 5.41) is 3.13. The predicted octanol–water partition coefficient (Wildman–Crippen LogP) is 0.396. The van der Waals surface area contributed by atoms with E-state index in [1.165, 1.54) is 0 Å². The van der Waals surface area contributed by atoms with Crippen molar-refractivity contribution >= 4 is 17.7 Å². The van der Waals surface area contributed by atoms with E-state index in [0.29, 0.717) is 11.3 Å². The van der Waals surface area contributed by atoms with E-state index in [0.717, 1.165) is 6.21 Å². The monoisotopic (exact) mass is 163 g/mol. The van der Waals surface area contributed by atoms with Gasteiger partial charge in [0.1, 0.15) is 0 Å². The topological polar surface area (TPSA) is 81.5 Å². The Morgan fingerprint density at radius 1 is 1.33 bits per heavy atom. The van der Waals surface area contributed by atoms with E-state index in [-0.39, 0.29) is 5.78 Å². The highest BCUT2D eigenvalue weighted by Gasteiger charge is 2.00. The molecule has 0 bridgehead atoms. The molecular formula is C8H9N3O. The summed E-state index contributed by atoms with van der Waals surface area (Å²) >= 11 is 0. The average Bonchev–Trinajstić information content (AvgIpc) is 2.06. The molecule has 0 aromatic heterocycles. The maximum atomic E-state index is 11.1. The van der Waals surface area contributed by atoms with Crippen molar-refractivity contribution in [2.45, 2.75) is 0 Å². The lowest BCUT2D eigenvalue weighted by molar-refractivity contribution is 0.107. The Morgan fingerprint density at radius 3 is 2.42 bits per heavy atom. The van der Waals surface area contributed by atoms with Crippen LogP contribution in [-0.2, 0) is 0 Å². The van der Waals surface area contributed by atoms with E-state index in [1.54, 1.807) is 24.3 Å². The van der Waals surface area contributed by atoms with Crippen molar-refractivity contribution in [3.63, 3.8) is 0 Å². The maximum Gasteiger partial charge on any atom is 0.205 e. The third-order valence-electron chi connectivity index (χ3n) is 1.39. The fraction of sp³-hybridized carbons (Fsp3) is 0. The van der Waals surface area contributed by atoms with Gasteiger partial charge in [0, 0.05) is 11.3 Å². The van der Waals surface area contributed by atoms with Crippen molar-refractivity contribution < 1.29 is 4.79 Å². The number of nitrogens with zero attached hydrogens (tertiary/aromatic N) is 1. The van der Waals surface area contributed by atoms with E-state index < -0.39 is 0 Å². The van der Waals surface area contributed by atoms with Crippen molar-refractivity contribution in [2.75, 3.05) is 5.73 Å². The number of carbonyl (C=O) groups excluding carboxylic acids is 1. The number of hydrogen-bond acceptors (Lipinski definition) is 4. The molecule has 62 valence electrons. The van der Waals surface area contributed by atoms with Gasteiger partial charge in [-0.2, -0.15) is 5.10 Å². The van der Waals surface area contributed by atoms with Crippen LogP contribution in [0.15, 0.2) is 29.4 Å². The Labute approximate surface area is 69.9 Å². The van der Waals surface area contributed by atoms with Crippen LogP contribution in [-0.4, -0.2) is 12.0 Å². The molecule has 1 aromatic rings. The number of hydrogen-bond donors (Lipinski definition) is 2. The predicted molar refractivity (Wildman–Crippen MR) is 47.9 cm³/mol. The number of benzene rings is 1. The molecule has 0 aliphatic carbocycles. The molecule has 0 unspecified atom stereocenters. The molecule has 0 amide bonds. The van der Waals surface area contributed by atoms with Crippen molar-refractivity contribution in [3.05, 3.63) is 29.8 Å². The number of hydrazone groups is 1. The van der Waals surface area contributed by atoms with E-state index in [9.17, 15) is 4.79 Å². The normalized spacial score (nSPS) is 10.3. The number of ketones is 1. The number of nitrogen functional groups attached to an aromatic ring is 1. The summed E-state index contributed by atoms with van der Waals surface area (Å²) in [4.78, 5) is 11.1. The van der Waals surface area contributed by atoms with Gasteiger partial charge in [-0.15, -0.1) is 0 Å². The van der Waals surface area contributed by atoms with Crippen molar-refractivity contribution in [3.8, 4) is 0 Å². The van der Waals surface area contributed by atoms with Crippen molar-refractivity contribution in [2.24, 2.45) is 10.9 Å². The average molecular weight is 163 g/mol. The summed E-state index contributed by atoms with van der Waals surface area (Å²) in [5.74, 6) is 4.60. The summed E-state index contributed by atoms with van der Waals surface area (Å²) in [6, 6.07) is 6.55. The highest BCUT2D eigenvalue weighted by atomic mass is 16.1. The smallest absolute Gasteiger partial charge is 0.205 e. The molecule has 0 heterocycles. The first-order chi connectivity index (χ1) is 5.74. The molecule has 0 aliphatic rings. The van der Waals surface area contributed by atoms with Crippen LogP contribution in [0, 0.1) is 0 Å². The molecule has 0 atom stereocenters. The zero-order valence-corrected chi connectivity index (χ0v) is 6.40. The first-order valence-electron chi connectivity index (χ1n) is 3.37. The molecule has 0 fully saturated rings. The minimum Gasteiger partial charge on any atom is -0.399 e. The highest BCUT2D eigenvalue weighted by Crippen LogP contribution is 2.04. The van der Waals surface area contributed by atoms with Gasteiger partial charge in [-0.1, -0.05) is 0 Å². The van der Waals surface area contributed by atoms with Crippen LogP contribution in [0.25, 0.3) is 0 Å². The molecule has 0 saturated carbocycles. The largest absolute Gasteiger partial charge is 0.399 e. The molecule has 4 N–H and O–H groups in total. The lowest BCUT2D eigenvalue weighted by Crippen LogP contribution is -2.01. The lowest BCUT2D eigenvalue weighted by atomic mass is 10.1. The summed E-state index contributed by atoms with van der Waals surface area (Å²) in [5.41, 5.74) is 6.58. The van der Waals surface area contributed by atoms with Crippen LogP contribution in [0.2, 0.25) is 0 Å². The first kappa shape index (κ1) is 8.26. The number of carbonyl (C=O) groups is 1. The summed E-state index contributed by atoms with van der Waals surface area (Å²) in [6.07, 6.45) is 1.06. The van der Waals surface area contributed by atoms with Crippen molar-refractivity contribution in [1.29, 1.82) is 0 Å². The van der Waals surface area contributed by atoms with E-state index >= 15 is 0 Å². The standard InChI is InChI=1S/C8H9N3O/c9-7-3-1-6(2-4-7)8(12)5-11-10/h1-5H,9-10H2/b11-5+. The number of anilines is 1. The van der Waals surface area contributed by atoms with Crippen LogP contribution in [0.5, 0.6) is 0 Å². The molecule has 0 saturated heterocycles.